The van der Waals surface area contributed by atoms with E-state index in [1.165, 1.54) is 0 Å². The van der Waals surface area contributed by atoms with Gasteiger partial charge in [-0.25, -0.2) is 4.79 Å². The van der Waals surface area contributed by atoms with Gasteiger partial charge in [-0.3, -0.25) is 4.57 Å². The molecule has 0 saturated carbocycles. The number of carboxylic acids is 1. The Bertz CT molecular complexity index is 966. The highest BCUT2D eigenvalue weighted by atomic mass is 31.2. The molecular weight excluding hydrogens is 451 g/mol. The molecule has 0 aliphatic heterocycles. The van der Waals surface area contributed by atoms with E-state index in [0.29, 0.717) is 29.0 Å². The summed E-state index contributed by atoms with van der Waals surface area (Å²) in [4.78, 5) is 20.2. The van der Waals surface area contributed by atoms with Gasteiger partial charge in [0.1, 0.15) is 0 Å². The molecule has 0 spiro atoms. The number of hydrogen-bond acceptors (Lipinski definition) is 4. The molecule has 3 aromatic rings. The average Bonchev–Trinajstić information content (AvgIpc) is 2.79. The zero-order valence-corrected chi connectivity index (χ0v) is 21.0. The minimum Gasteiger partial charge on any atom is -0.478 e. The van der Waals surface area contributed by atoms with E-state index in [2.05, 4.69) is 0 Å². The largest absolute Gasteiger partial charge is 0.478 e. The van der Waals surface area contributed by atoms with E-state index < -0.39 is 24.5 Å². The standard InChI is InChI=1S/C12H11O2P.C8H18O2.C7H6O2/c13-15(14,11-7-3-1-4-8-11)12-9-5-2-6-10-12;1-7(2,9)5-6-8(3,4)10;8-7(9)6-4-2-1-3-5-6/h1-10H,(H,13,14);9-10H,5-6H2,1-4H3;1-5H,(H,8,9). The molecule has 0 fully saturated rings. The number of rotatable bonds is 6. The molecule has 0 radical (unpaired) electrons. The van der Waals surface area contributed by atoms with Crippen molar-refractivity contribution in [1.82, 2.24) is 0 Å². The van der Waals surface area contributed by atoms with E-state index in [-0.39, 0.29) is 0 Å². The van der Waals surface area contributed by atoms with Crippen LogP contribution in [0.3, 0.4) is 0 Å². The van der Waals surface area contributed by atoms with Crippen LogP contribution in [0.25, 0.3) is 0 Å². The second kappa shape index (κ2) is 13.2. The number of aliphatic hydroxyl groups is 2. The molecule has 0 aliphatic carbocycles. The summed E-state index contributed by atoms with van der Waals surface area (Å²) in [5.74, 6) is -0.879. The first-order chi connectivity index (χ1) is 15.7. The van der Waals surface area contributed by atoms with Crippen molar-refractivity contribution in [3.63, 3.8) is 0 Å². The maximum Gasteiger partial charge on any atom is 0.335 e. The molecule has 0 amide bonds. The Hall–Kier alpha value is -2.76. The van der Waals surface area contributed by atoms with Gasteiger partial charge in [0, 0.05) is 10.6 Å². The highest BCUT2D eigenvalue weighted by molar-refractivity contribution is 7.73. The highest BCUT2D eigenvalue weighted by Gasteiger charge is 2.23. The van der Waals surface area contributed by atoms with Crippen molar-refractivity contribution in [2.45, 2.75) is 51.7 Å². The lowest BCUT2D eigenvalue weighted by molar-refractivity contribution is 0.0169. The lowest BCUT2D eigenvalue weighted by Gasteiger charge is -2.23. The van der Waals surface area contributed by atoms with Gasteiger partial charge < -0.3 is 20.2 Å². The van der Waals surface area contributed by atoms with Gasteiger partial charge in [-0.05, 0) is 76.9 Å². The summed E-state index contributed by atoms with van der Waals surface area (Å²) in [7, 11) is -3.40. The topological polar surface area (TPSA) is 115 Å². The Morgan fingerprint density at radius 2 is 0.971 bits per heavy atom. The van der Waals surface area contributed by atoms with Crippen LogP contribution >= 0.6 is 7.37 Å². The first-order valence-corrected chi connectivity index (χ1v) is 12.6. The molecular formula is C27H35O6P. The number of hydrogen-bond donors (Lipinski definition) is 4. The van der Waals surface area contributed by atoms with Crippen LogP contribution in [0.4, 0.5) is 0 Å². The Morgan fingerprint density at radius 1 is 0.676 bits per heavy atom. The molecule has 0 aliphatic rings. The molecule has 4 N–H and O–H groups in total. The number of carbonyl (C=O) groups is 1. The number of aromatic carboxylic acids is 1. The van der Waals surface area contributed by atoms with Crippen molar-refractivity contribution in [2.75, 3.05) is 0 Å². The van der Waals surface area contributed by atoms with E-state index in [1.807, 2.05) is 12.1 Å². The van der Waals surface area contributed by atoms with E-state index in [9.17, 15) is 24.5 Å². The van der Waals surface area contributed by atoms with E-state index in [1.54, 1.807) is 107 Å². The van der Waals surface area contributed by atoms with Crippen LogP contribution in [0.2, 0.25) is 0 Å². The van der Waals surface area contributed by atoms with Gasteiger partial charge >= 0.3 is 5.97 Å². The highest BCUT2D eigenvalue weighted by Crippen LogP contribution is 2.37. The van der Waals surface area contributed by atoms with E-state index >= 15 is 0 Å². The lowest BCUT2D eigenvalue weighted by Crippen LogP contribution is -2.26. The van der Waals surface area contributed by atoms with E-state index in [0.717, 1.165) is 0 Å². The van der Waals surface area contributed by atoms with Crippen LogP contribution in [-0.4, -0.2) is 37.4 Å². The quantitative estimate of drug-likeness (QED) is 0.379. The summed E-state index contributed by atoms with van der Waals surface area (Å²) in [6.45, 7) is 7.00. The molecule has 0 unspecified atom stereocenters. The summed E-state index contributed by atoms with van der Waals surface area (Å²) in [6.07, 6.45) is 1.27. The molecule has 184 valence electrons. The summed E-state index contributed by atoms with van der Waals surface area (Å²) < 4.78 is 12.2. The summed E-state index contributed by atoms with van der Waals surface area (Å²) >= 11 is 0. The minimum absolute atomic E-state index is 0.331. The fourth-order valence-corrected chi connectivity index (χ4v) is 4.05. The molecule has 3 aromatic carbocycles. The molecule has 34 heavy (non-hydrogen) atoms. The summed E-state index contributed by atoms with van der Waals surface area (Å²) in [5, 5.41) is 27.9. The van der Waals surface area contributed by atoms with Gasteiger partial charge in [-0.2, -0.15) is 0 Å². The normalized spacial score (nSPS) is 11.4. The van der Waals surface area contributed by atoms with Crippen molar-refractivity contribution in [3.05, 3.63) is 96.6 Å². The van der Waals surface area contributed by atoms with Crippen molar-refractivity contribution < 1.29 is 29.6 Å². The van der Waals surface area contributed by atoms with Crippen LogP contribution in [0.5, 0.6) is 0 Å². The molecule has 0 aromatic heterocycles. The molecule has 3 rings (SSSR count). The third kappa shape index (κ3) is 11.9. The van der Waals surface area contributed by atoms with Gasteiger partial charge in [-0.1, -0.05) is 54.6 Å². The maximum absolute atomic E-state index is 12.2. The Kier molecular flexibility index (Phi) is 11.4. The zero-order valence-electron chi connectivity index (χ0n) is 20.1. The van der Waals surface area contributed by atoms with Crippen molar-refractivity contribution in [2.24, 2.45) is 0 Å². The molecule has 0 bridgehead atoms. The van der Waals surface area contributed by atoms with Gasteiger partial charge in [0.25, 0.3) is 7.37 Å². The smallest absolute Gasteiger partial charge is 0.335 e. The maximum atomic E-state index is 12.2. The predicted molar refractivity (Wildman–Crippen MR) is 137 cm³/mol. The van der Waals surface area contributed by atoms with E-state index in [4.69, 9.17) is 5.11 Å². The van der Waals surface area contributed by atoms with Crippen molar-refractivity contribution >= 4 is 23.9 Å². The van der Waals surface area contributed by atoms with Crippen molar-refractivity contribution in [1.29, 1.82) is 0 Å². The van der Waals surface area contributed by atoms with Gasteiger partial charge in [0.15, 0.2) is 0 Å². The van der Waals surface area contributed by atoms with Crippen LogP contribution in [-0.2, 0) is 4.57 Å². The summed E-state index contributed by atoms with van der Waals surface area (Å²) in [5.41, 5.74) is -0.975. The SMILES string of the molecule is CC(C)(O)CCC(C)(C)O.O=C(O)c1ccccc1.O=P(O)(c1ccccc1)c1ccccc1. The van der Waals surface area contributed by atoms with Crippen LogP contribution in [0.1, 0.15) is 50.9 Å². The van der Waals surface area contributed by atoms with Gasteiger partial charge in [0.05, 0.1) is 16.8 Å². The number of benzene rings is 3. The van der Waals surface area contributed by atoms with Crippen LogP contribution < -0.4 is 10.6 Å². The molecule has 0 atom stereocenters. The molecule has 0 heterocycles. The van der Waals surface area contributed by atoms with Crippen LogP contribution in [0, 0.1) is 0 Å². The van der Waals surface area contributed by atoms with Crippen LogP contribution in [0.15, 0.2) is 91.0 Å². The van der Waals surface area contributed by atoms with Gasteiger partial charge in [0.2, 0.25) is 0 Å². The van der Waals surface area contributed by atoms with Crippen molar-refractivity contribution in [3.8, 4) is 0 Å². The third-order valence-corrected chi connectivity index (χ3v) is 6.58. The molecule has 7 heteroatoms. The Morgan fingerprint density at radius 3 is 1.21 bits per heavy atom. The Labute approximate surface area is 202 Å². The number of carboxylic acid groups (broad SMARTS) is 1. The first-order valence-electron chi connectivity index (χ1n) is 10.9. The summed E-state index contributed by atoms with van der Waals surface area (Å²) in [6, 6.07) is 25.7. The monoisotopic (exact) mass is 486 g/mol. The fourth-order valence-electron chi connectivity index (χ4n) is 2.60. The third-order valence-electron chi connectivity index (χ3n) is 4.58. The lowest BCUT2D eigenvalue weighted by atomic mass is 9.94. The average molecular weight is 487 g/mol. The minimum atomic E-state index is -3.40. The molecule has 6 nitrogen and oxygen atoms in total. The van der Waals surface area contributed by atoms with Gasteiger partial charge in [-0.15, -0.1) is 0 Å². The Balaban J connectivity index is 0.000000268. The first kappa shape index (κ1) is 29.3. The fraction of sp³-hybridized carbons (Fsp3) is 0.296. The second-order valence-corrected chi connectivity index (χ2v) is 11.2. The predicted octanol–water partition coefficient (Wildman–Crippen LogP) is 4.60. The zero-order chi connectivity index (χ0) is 25.8. The molecule has 0 saturated heterocycles. The second-order valence-electron chi connectivity index (χ2n) is 9.04.